The molecule has 86 valence electrons. The molecule has 0 aliphatic heterocycles. The van der Waals surface area contributed by atoms with Gasteiger partial charge < -0.3 is 5.32 Å². The Morgan fingerprint density at radius 2 is 2.07 bits per heavy atom. The van der Waals surface area contributed by atoms with Crippen LogP contribution in [0.5, 0.6) is 0 Å². The third-order valence-corrected chi connectivity index (χ3v) is 4.11. The van der Waals surface area contributed by atoms with Gasteiger partial charge in [0.25, 0.3) is 0 Å². The van der Waals surface area contributed by atoms with Gasteiger partial charge in [-0.25, -0.2) is 13.1 Å². The maximum Gasteiger partial charge on any atom is 0.212 e. The zero-order valence-electron chi connectivity index (χ0n) is 9.04. The fraction of sp³-hybridized carbons (Fsp3) is 1.00. The summed E-state index contributed by atoms with van der Waals surface area (Å²) < 4.78 is 25.3. The lowest BCUT2D eigenvalue weighted by Crippen LogP contribution is -2.35. The van der Waals surface area contributed by atoms with E-state index in [1.807, 2.05) is 20.1 Å². The van der Waals surface area contributed by atoms with Crippen LogP contribution in [0.25, 0.3) is 0 Å². The van der Waals surface area contributed by atoms with Crippen molar-refractivity contribution in [2.75, 3.05) is 31.6 Å². The number of hydrogen-bond acceptors (Lipinski definition) is 4. The molecule has 0 aromatic rings. The van der Waals surface area contributed by atoms with E-state index in [9.17, 15) is 8.42 Å². The standard InChI is InChI=1S/C8H20N2O2S2/c1-4-9-5-6-14(11,12)10-7-8(2)13-3/h8-10H,4-7H2,1-3H3. The average Bonchev–Trinajstić information content (AvgIpc) is 2.14. The summed E-state index contributed by atoms with van der Waals surface area (Å²) in [6.07, 6.45) is 1.97. The molecule has 4 nitrogen and oxygen atoms in total. The van der Waals surface area contributed by atoms with Crippen LogP contribution in [0, 0.1) is 0 Å². The molecule has 0 aliphatic carbocycles. The van der Waals surface area contributed by atoms with Gasteiger partial charge in [0.2, 0.25) is 10.0 Å². The summed E-state index contributed by atoms with van der Waals surface area (Å²) >= 11 is 1.65. The van der Waals surface area contributed by atoms with Gasteiger partial charge >= 0.3 is 0 Å². The van der Waals surface area contributed by atoms with Gasteiger partial charge in [-0.05, 0) is 12.8 Å². The zero-order chi connectivity index (χ0) is 11.0. The van der Waals surface area contributed by atoms with Gasteiger partial charge in [-0.3, -0.25) is 0 Å². The molecule has 0 aromatic heterocycles. The normalized spacial score (nSPS) is 14.2. The van der Waals surface area contributed by atoms with E-state index >= 15 is 0 Å². The van der Waals surface area contributed by atoms with Crippen molar-refractivity contribution in [1.29, 1.82) is 0 Å². The van der Waals surface area contributed by atoms with Crippen molar-refractivity contribution in [2.24, 2.45) is 0 Å². The molecule has 0 radical (unpaired) electrons. The van der Waals surface area contributed by atoms with Crippen molar-refractivity contribution in [2.45, 2.75) is 19.1 Å². The summed E-state index contributed by atoms with van der Waals surface area (Å²) in [7, 11) is -3.08. The highest BCUT2D eigenvalue weighted by molar-refractivity contribution is 7.99. The number of sulfonamides is 1. The highest BCUT2D eigenvalue weighted by Crippen LogP contribution is 2.03. The Balaban J connectivity index is 3.73. The van der Waals surface area contributed by atoms with Gasteiger partial charge in [-0.15, -0.1) is 0 Å². The highest BCUT2D eigenvalue weighted by Gasteiger charge is 2.10. The van der Waals surface area contributed by atoms with E-state index in [1.165, 1.54) is 0 Å². The van der Waals surface area contributed by atoms with Crippen LogP contribution >= 0.6 is 11.8 Å². The van der Waals surface area contributed by atoms with E-state index in [4.69, 9.17) is 0 Å². The third kappa shape index (κ3) is 7.61. The van der Waals surface area contributed by atoms with E-state index in [0.717, 1.165) is 6.54 Å². The van der Waals surface area contributed by atoms with Crippen LogP contribution in [0.2, 0.25) is 0 Å². The molecule has 0 fully saturated rings. The molecule has 14 heavy (non-hydrogen) atoms. The molecule has 0 saturated carbocycles. The SMILES string of the molecule is CCNCCS(=O)(=O)NCC(C)SC. The summed E-state index contributed by atoms with van der Waals surface area (Å²) in [5, 5.41) is 3.30. The first kappa shape index (κ1) is 14.2. The largest absolute Gasteiger partial charge is 0.316 e. The lowest BCUT2D eigenvalue weighted by atomic mass is 10.5. The van der Waals surface area contributed by atoms with Crippen molar-refractivity contribution in [3.63, 3.8) is 0 Å². The molecule has 1 unspecified atom stereocenters. The van der Waals surface area contributed by atoms with Gasteiger partial charge in [0.1, 0.15) is 0 Å². The second-order valence-electron chi connectivity index (χ2n) is 3.07. The van der Waals surface area contributed by atoms with Gasteiger partial charge in [-0.2, -0.15) is 11.8 Å². The predicted molar refractivity (Wildman–Crippen MR) is 63.3 cm³/mol. The van der Waals surface area contributed by atoms with Gasteiger partial charge in [0, 0.05) is 18.3 Å². The Bertz CT molecular complexity index is 229. The minimum absolute atomic E-state index is 0.155. The van der Waals surface area contributed by atoms with E-state index in [1.54, 1.807) is 11.8 Å². The first-order chi connectivity index (χ1) is 6.52. The molecular formula is C8H20N2O2S2. The molecule has 0 aromatic carbocycles. The molecule has 0 amide bonds. The van der Waals surface area contributed by atoms with E-state index in [2.05, 4.69) is 10.0 Å². The molecule has 6 heteroatoms. The van der Waals surface area contributed by atoms with Gasteiger partial charge in [0.05, 0.1) is 5.75 Å². The van der Waals surface area contributed by atoms with Crippen LogP contribution in [-0.4, -0.2) is 45.3 Å². The zero-order valence-corrected chi connectivity index (χ0v) is 10.7. The van der Waals surface area contributed by atoms with Crippen LogP contribution in [-0.2, 0) is 10.0 Å². The van der Waals surface area contributed by atoms with Crippen LogP contribution in [0.15, 0.2) is 0 Å². The lowest BCUT2D eigenvalue weighted by Gasteiger charge is -2.10. The van der Waals surface area contributed by atoms with Gasteiger partial charge in [0.15, 0.2) is 0 Å². The first-order valence-corrected chi connectivity index (χ1v) is 7.66. The molecular weight excluding hydrogens is 220 g/mol. The number of nitrogens with one attached hydrogen (secondary N) is 2. The summed E-state index contributed by atoms with van der Waals surface area (Å²) in [6, 6.07) is 0. The third-order valence-electron chi connectivity index (χ3n) is 1.79. The quantitative estimate of drug-likeness (QED) is 0.598. The second-order valence-corrected chi connectivity index (χ2v) is 6.27. The lowest BCUT2D eigenvalue weighted by molar-refractivity contribution is 0.577. The van der Waals surface area contributed by atoms with Crippen molar-refractivity contribution >= 4 is 21.8 Å². The molecule has 0 saturated heterocycles. The molecule has 0 heterocycles. The summed E-state index contributed by atoms with van der Waals surface area (Å²) in [5.74, 6) is 0.155. The van der Waals surface area contributed by atoms with Crippen molar-refractivity contribution in [3.05, 3.63) is 0 Å². The minimum Gasteiger partial charge on any atom is -0.316 e. The average molecular weight is 240 g/mol. The Kier molecular flexibility index (Phi) is 7.62. The highest BCUT2D eigenvalue weighted by atomic mass is 32.2. The van der Waals surface area contributed by atoms with E-state index in [-0.39, 0.29) is 5.75 Å². The number of rotatable bonds is 8. The van der Waals surface area contributed by atoms with E-state index in [0.29, 0.717) is 18.3 Å². The fourth-order valence-corrected chi connectivity index (χ4v) is 2.20. The van der Waals surface area contributed by atoms with Crippen molar-refractivity contribution < 1.29 is 8.42 Å². The van der Waals surface area contributed by atoms with Crippen molar-refractivity contribution in [1.82, 2.24) is 10.0 Å². The molecule has 1 atom stereocenters. The summed E-state index contributed by atoms with van der Waals surface area (Å²) in [5.41, 5.74) is 0. The Morgan fingerprint density at radius 3 is 2.57 bits per heavy atom. The molecule has 0 spiro atoms. The maximum absolute atomic E-state index is 11.4. The van der Waals surface area contributed by atoms with Crippen LogP contribution in [0.1, 0.15) is 13.8 Å². The molecule has 0 bridgehead atoms. The predicted octanol–water partition coefficient (Wildman–Crippen LogP) is 0.267. The van der Waals surface area contributed by atoms with Crippen LogP contribution in [0.3, 0.4) is 0 Å². The molecule has 0 rings (SSSR count). The topological polar surface area (TPSA) is 58.2 Å². The monoisotopic (exact) mass is 240 g/mol. The Morgan fingerprint density at radius 1 is 1.43 bits per heavy atom. The Labute approximate surface area is 91.3 Å². The number of hydrogen-bond donors (Lipinski definition) is 2. The second kappa shape index (κ2) is 7.50. The van der Waals surface area contributed by atoms with Gasteiger partial charge in [-0.1, -0.05) is 13.8 Å². The van der Waals surface area contributed by atoms with Crippen LogP contribution < -0.4 is 10.0 Å². The fourth-order valence-electron chi connectivity index (χ4n) is 0.783. The molecule has 2 N–H and O–H groups in total. The first-order valence-electron chi connectivity index (χ1n) is 4.72. The summed E-state index contributed by atoms with van der Waals surface area (Å²) in [6.45, 7) is 5.78. The molecule has 0 aliphatic rings. The summed E-state index contributed by atoms with van der Waals surface area (Å²) in [4.78, 5) is 0. The Hall–Kier alpha value is 0.220. The van der Waals surface area contributed by atoms with Crippen LogP contribution in [0.4, 0.5) is 0 Å². The number of thioether (sulfide) groups is 1. The maximum atomic E-state index is 11.4. The van der Waals surface area contributed by atoms with E-state index < -0.39 is 10.0 Å². The van der Waals surface area contributed by atoms with Crippen molar-refractivity contribution in [3.8, 4) is 0 Å². The minimum atomic E-state index is -3.08. The smallest absolute Gasteiger partial charge is 0.212 e.